The first-order valence-electron chi connectivity index (χ1n) is 6.95. The van der Waals surface area contributed by atoms with Crippen LogP contribution < -0.4 is 4.74 Å². The van der Waals surface area contributed by atoms with Crippen LogP contribution >= 0.6 is 0 Å². The number of nitro groups is 1. The number of hydrogen-bond acceptors (Lipinski definition) is 6. The monoisotopic (exact) mass is 310 g/mol. The van der Waals surface area contributed by atoms with E-state index >= 15 is 0 Å². The third-order valence-corrected chi connectivity index (χ3v) is 3.36. The summed E-state index contributed by atoms with van der Waals surface area (Å²) in [5.74, 6) is 0.909. The van der Waals surface area contributed by atoms with Gasteiger partial charge in [0.15, 0.2) is 11.9 Å². The van der Waals surface area contributed by atoms with Crippen LogP contribution in [0.3, 0.4) is 0 Å². The molecule has 3 rings (SSSR count). The zero-order chi connectivity index (χ0) is 16.2. The molecule has 3 heterocycles. The molecule has 0 saturated heterocycles. The molecule has 0 amide bonds. The van der Waals surface area contributed by atoms with Crippen molar-refractivity contribution >= 4 is 11.5 Å². The van der Waals surface area contributed by atoms with Crippen molar-refractivity contribution < 1.29 is 9.66 Å². The predicted octanol–water partition coefficient (Wildman–Crippen LogP) is 2.63. The molecule has 2 aromatic heterocycles. The van der Waals surface area contributed by atoms with E-state index in [1.807, 2.05) is 31.3 Å². The molecule has 23 heavy (non-hydrogen) atoms. The van der Waals surface area contributed by atoms with Crippen LogP contribution in [0.25, 0.3) is 5.70 Å². The number of likely N-dealkylation sites (N-methyl/N-ethyl adjacent to an activating group) is 1. The molecule has 0 aliphatic carbocycles. The maximum Gasteiger partial charge on any atom is 0.363 e. The standard InChI is InChI=1S/C16H14N4O3/c1-19-8-6-13(9-15(19)12-3-2-7-17-10-12)23-14-4-5-16(18-11-14)20(21)22/h2-7,9-11H,8H2,1H3. The largest absolute Gasteiger partial charge is 0.454 e. The third kappa shape index (κ3) is 3.34. The number of nitrogens with zero attached hydrogens (tertiary/aromatic N) is 4. The first-order valence-corrected chi connectivity index (χ1v) is 6.95. The van der Waals surface area contributed by atoms with Crippen LogP contribution in [0.1, 0.15) is 5.56 Å². The van der Waals surface area contributed by atoms with Crippen molar-refractivity contribution in [1.29, 1.82) is 0 Å². The minimum Gasteiger partial charge on any atom is -0.454 e. The minimum absolute atomic E-state index is 0.207. The quantitative estimate of drug-likeness (QED) is 0.638. The summed E-state index contributed by atoms with van der Waals surface area (Å²) < 4.78 is 5.74. The summed E-state index contributed by atoms with van der Waals surface area (Å²) in [6.07, 6.45) is 8.69. The molecule has 0 radical (unpaired) electrons. The van der Waals surface area contributed by atoms with Gasteiger partial charge < -0.3 is 19.8 Å². The number of rotatable bonds is 4. The number of ether oxygens (including phenoxy) is 1. The summed E-state index contributed by atoms with van der Waals surface area (Å²) in [6, 6.07) is 6.70. The van der Waals surface area contributed by atoms with E-state index in [1.54, 1.807) is 12.4 Å². The highest BCUT2D eigenvalue weighted by Gasteiger charge is 2.15. The zero-order valence-electron chi connectivity index (χ0n) is 12.4. The lowest BCUT2D eigenvalue weighted by Gasteiger charge is -2.25. The van der Waals surface area contributed by atoms with Gasteiger partial charge in [-0.15, -0.1) is 0 Å². The van der Waals surface area contributed by atoms with Crippen LogP contribution in [0.4, 0.5) is 5.82 Å². The Labute approximate surface area is 132 Å². The molecule has 7 nitrogen and oxygen atoms in total. The second-order valence-electron chi connectivity index (χ2n) is 4.97. The van der Waals surface area contributed by atoms with Crippen LogP contribution in [0, 0.1) is 10.1 Å². The van der Waals surface area contributed by atoms with Gasteiger partial charge in [0.2, 0.25) is 0 Å². The van der Waals surface area contributed by atoms with Crippen LogP contribution in [0.15, 0.2) is 60.8 Å². The van der Waals surface area contributed by atoms with Crippen molar-refractivity contribution in [2.45, 2.75) is 0 Å². The summed E-state index contributed by atoms with van der Waals surface area (Å²) in [5, 5.41) is 10.6. The molecule has 116 valence electrons. The predicted molar refractivity (Wildman–Crippen MR) is 84.4 cm³/mol. The van der Waals surface area contributed by atoms with E-state index in [9.17, 15) is 10.1 Å². The van der Waals surface area contributed by atoms with Crippen molar-refractivity contribution in [1.82, 2.24) is 14.9 Å². The van der Waals surface area contributed by atoms with Gasteiger partial charge in [0, 0.05) is 49.4 Å². The SMILES string of the molecule is CN1CC=C(Oc2ccc([N+](=O)[O-])nc2)C=C1c1cccnc1. The maximum absolute atomic E-state index is 10.6. The highest BCUT2D eigenvalue weighted by molar-refractivity contribution is 5.67. The summed E-state index contributed by atoms with van der Waals surface area (Å²) in [5.41, 5.74) is 1.98. The maximum atomic E-state index is 10.6. The molecular formula is C16H14N4O3. The highest BCUT2D eigenvalue weighted by atomic mass is 16.6. The van der Waals surface area contributed by atoms with Gasteiger partial charge in [-0.1, -0.05) is 0 Å². The fourth-order valence-electron chi connectivity index (χ4n) is 2.20. The summed E-state index contributed by atoms with van der Waals surface area (Å²) in [4.78, 5) is 20.0. The molecule has 0 unspecified atom stereocenters. The molecule has 2 aromatic rings. The lowest BCUT2D eigenvalue weighted by Crippen LogP contribution is -2.21. The average Bonchev–Trinajstić information content (AvgIpc) is 2.58. The van der Waals surface area contributed by atoms with Crippen molar-refractivity contribution in [3.63, 3.8) is 0 Å². The molecule has 0 bridgehead atoms. The van der Waals surface area contributed by atoms with E-state index < -0.39 is 4.92 Å². The van der Waals surface area contributed by atoms with E-state index in [1.165, 1.54) is 18.3 Å². The van der Waals surface area contributed by atoms with E-state index in [0.29, 0.717) is 18.1 Å². The topological polar surface area (TPSA) is 81.4 Å². The molecule has 1 aliphatic heterocycles. The van der Waals surface area contributed by atoms with E-state index in [4.69, 9.17) is 4.74 Å². The number of hydrogen-bond donors (Lipinski definition) is 0. The lowest BCUT2D eigenvalue weighted by molar-refractivity contribution is -0.389. The lowest BCUT2D eigenvalue weighted by atomic mass is 10.1. The number of aromatic nitrogens is 2. The van der Waals surface area contributed by atoms with E-state index in [2.05, 4.69) is 14.9 Å². The van der Waals surface area contributed by atoms with Gasteiger partial charge in [0.25, 0.3) is 0 Å². The fraction of sp³-hybridized carbons (Fsp3) is 0.125. The molecule has 0 atom stereocenters. The highest BCUT2D eigenvalue weighted by Crippen LogP contribution is 2.25. The van der Waals surface area contributed by atoms with Crippen molar-refractivity contribution in [2.24, 2.45) is 0 Å². The Balaban J connectivity index is 1.80. The first kappa shape index (κ1) is 14.7. The third-order valence-electron chi connectivity index (χ3n) is 3.36. The molecule has 7 heteroatoms. The van der Waals surface area contributed by atoms with E-state index in [0.717, 1.165) is 11.3 Å². The summed E-state index contributed by atoms with van der Waals surface area (Å²) >= 11 is 0. The Morgan fingerprint density at radius 2 is 2.17 bits per heavy atom. The Morgan fingerprint density at radius 1 is 1.30 bits per heavy atom. The molecule has 0 N–H and O–H groups in total. The second kappa shape index (κ2) is 6.27. The fourth-order valence-corrected chi connectivity index (χ4v) is 2.20. The van der Waals surface area contributed by atoms with Crippen molar-refractivity contribution in [2.75, 3.05) is 13.6 Å². The normalized spacial score (nSPS) is 14.0. The minimum atomic E-state index is -0.543. The van der Waals surface area contributed by atoms with Crippen LogP contribution in [-0.4, -0.2) is 33.4 Å². The second-order valence-corrected chi connectivity index (χ2v) is 4.97. The Bertz CT molecular complexity index is 770. The van der Waals surface area contributed by atoms with Gasteiger partial charge in [-0.3, -0.25) is 4.98 Å². The first-order chi connectivity index (χ1) is 11.1. The Kier molecular flexibility index (Phi) is 4.01. The van der Waals surface area contributed by atoms with Gasteiger partial charge in [-0.2, -0.15) is 0 Å². The Hall–Kier alpha value is -3.22. The van der Waals surface area contributed by atoms with Gasteiger partial charge in [-0.25, -0.2) is 0 Å². The zero-order valence-corrected chi connectivity index (χ0v) is 12.4. The smallest absolute Gasteiger partial charge is 0.363 e. The summed E-state index contributed by atoms with van der Waals surface area (Å²) in [7, 11) is 1.99. The molecule has 0 saturated carbocycles. The van der Waals surface area contributed by atoms with E-state index in [-0.39, 0.29) is 5.82 Å². The number of pyridine rings is 2. The average molecular weight is 310 g/mol. The van der Waals surface area contributed by atoms with Gasteiger partial charge >= 0.3 is 5.82 Å². The van der Waals surface area contributed by atoms with Crippen LogP contribution in [-0.2, 0) is 0 Å². The van der Waals surface area contributed by atoms with Crippen molar-refractivity contribution in [3.8, 4) is 5.75 Å². The van der Waals surface area contributed by atoms with Gasteiger partial charge in [0.1, 0.15) is 5.76 Å². The molecule has 0 fully saturated rings. The molecule has 1 aliphatic rings. The van der Waals surface area contributed by atoms with Gasteiger partial charge in [-0.05, 0) is 34.2 Å². The van der Waals surface area contributed by atoms with Crippen LogP contribution in [0.5, 0.6) is 5.75 Å². The Morgan fingerprint density at radius 3 is 2.83 bits per heavy atom. The molecular weight excluding hydrogens is 296 g/mol. The van der Waals surface area contributed by atoms with Crippen molar-refractivity contribution in [3.05, 3.63) is 76.4 Å². The van der Waals surface area contributed by atoms with Crippen LogP contribution in [0.2, 0.25) is 0 Å². The van der Waals surface area contributed by atoms with Gasteiger partial charge in [0.05, 0.1) is 0 Å². The number of allylic oxidation sites excluding steroid dienone is 1. The summed E-state index contributed by atoms with van der Waals surface area (Å²) in [6.45, 7) is 0.691. The molecule has 0 spiro atoms. The molecule has 0 aromatic carbocycles.